The summed E-state index contributed by atoms with van der Waals surface area (Å²) in [6.07, 6.45) is 6.62. The lowest BCUT2D eigenvalue weighted by molar-refractivity contribution is 0.0953. The summed E-state index contributed by atoms with van der Waals surface area (Å²) in [6, 6.07) is 3.99. The van der Waals surface area contributed by atoms with Crippen molar-refractivity contribution in [3.8, 4) is 5.88 Å². The van der Waals surface area contributed by atoms with Crippen LogP contribution < -0.4 is 10.1 Å². The summed E-state index contributed by atoms with van der Waals surface area (Å²) in [5.74, 6) is 1.42. The maximum atomic E-state index is 12.1. The van der Waals surface area contributed by atoms with Gasteiger partial charge in [0.05, 0.1) is 12.7 Å². The SMILES string of the molecule is COc1ccc(C(=O)NCCc2ncc(C)n2C2CC2)cn1. The van der Waals surface area contributed by atoms with E-state index < -0.39 is 0 Å². The van der Waals surface area contributed by atoms with Crippen molar-refractivity contribution in [3.63, 3.8) is 0 Å². The highest BCUT2D eigenvalue weighted by Gasteiger charge is 2.26. The van der Waals surface area contributed by atoms with E-state index >= 15 is 0 Å². The van der Waals surface area contributed by atoms with Crippen LogP contribution in [0.25, 0.3) is 0 Å². The largest absolute Gasteiger partial charge is 0.481 e. The monoisotopic (exact) mass is 300 g/mol. The summed E-state index contributed by atoms with van der Waals surface area (Å²) >= 11 is 0. The Morgan fingerprint density at radius 2 is 2.18 bits per heavy atom. The van der Waals surface area contributed by atoms with Crippen molar-refractivity contribution in [2.45, 2.75) is 32.2 Å². The molecule has 116 valence electrons. The van der Waals surface area contributed by atoms with Gasteiger partial charge >= 0.3 is 0 Å². The van der Waals surface area contributed by atoms with Crippen LogP contribution in [-0.2, 0) is 6.42 Å². The second-order valence-corrected chi connectivity index (χ2v) is 5.51. The number of aromatic nitrogens is 3. The maximum Gasteiger partial charge on any atom is 0.252 e. The third-order valence-electron chi connectivity index (χ3n) is 3.81. The molecule has 22 heavy (non-hydrogen) atoms. The van der Waals surface area contributed by atoms with Crippen molar-refractivity contribution < 1.29 is 9.53 Å². The Kier molecular flexibility index (Phi) is 4.09. The molecule has 1 aliphatic carbocycles. The van der Waals surface area contributed by atoms with Crippen LogP contribution in [0.4, 0.5) is 0 Å². The van der Waals surface area contributed by atoms with Gasteiger partial charge in [0, 0.05) is 43.2 Å². The molecule has 0 aliphatic heterocycles. The van der Waals surface area contributed by atoms with E-state index in [1.54, 1.807) is 19.2 Å². The highest BCUT2D eigenvalue weighted by Crippen LogP contribution is 2.36. The minimum atomic E-state index is -0.128. The molecule has 1 saturated carbocycles. The summed E-state index contributed by atoms with van der Waals surface area (Å²) in [7, 11) is 1.55. The van der Waals surface area contributed by atoms with Crippen LogP contribution in [-0.4, -0.2) is 34.1 Å². The summed E-state index contributed by atoms with van der Waals surface area (Å²) < 4.78 is 7.27. The first-order valence-corrected chi connectivity index (χ1v) is 7.50. The third-order valence-corrected chi connectivity index (χ3v) is 3.81. The van der Waals surface area contributed by atoms with E-state index in [2.05, 4.69) is 26.8 Å². The second-order valence-electron chi connectivity index (χ2n) is 5.51. The van der Waals surface area contributed by atoms with E-state index in [0.717, 1.165) is 12.2 Å². The summed E-state index contributed by atoms with van der Waals surface area (Å²) in [5, 5.41) is 2.91. The normalized spacial score (nSPS) is 13.9. The standard InChI is InChI=1S/C16H20N4O2/c1-11-9-18-14(20(11)13-4-5-13)7-8-17-16(21)12-3-6-15(22-2)19-10-12/h3,6,9-10,13H,4-5,7-8H2,1-2H3,(H,17,21). The fourth-order valence-electron chi connectivity index (χ4n) is 2.54. The van der Waals surface area contributed by atoms with Gasteiger partial charge in [0.25, 0.3) is 5.91 Å². The van der Waals surface area contributed by atoms with Gasteiger partial charge in [-0.3, -0.25) is 4.79 Å². The number of ether oxygens (including phenoxy) is 1. The number of aryl methyl sites for hydroxylation is 1. The average Bonchev–Trinajstić information content (AvgIpc) is 3.31. The number of nitrogens with one attached hydrogen (secondary N) is 1. The van der Waals surface area contributed by atoms with Gasteiger partial charge in [-0.15, -0.1) is 0 Å². The molecule has 0 spiro atoms. The number of pyridine rings is 1. The van der Waals surface area contributed by atoms with Gasteiger partial charge in [0.1, 0.15) is 5.82 Å². The van der Waals surface area contributed by atoms with Crippen LogP contribution in [0.5, 0.6) is 5.88 Å². The number of imidazole rings is 1. The molecular formula is C16H20N4O2. The Balaban J connectivity index is 1.55. The van der Waals surface area contributed by atoms with E-state index in [-0.39, 0.29) is 5.91 Å². The molecule has 3 rings (SSSR count). The molecule has 1 aliphatic rings. The Morgan fingerprint density at radius 3 is 2.82 bits per heavy atom. The van der Waals surface area contributed by atoms with E-state index in [1.165, 1.54) is 24.7 Å². The zero-order valence-electron chi connectivity index (χ0n) is 12.9. The van der Waals surface area contributed by atoms with E-state index in [0.29, 0.717) is 24.0 Å². The number of nitrogens with zero attached hydrogens (tertiary/aromatic N) is 3. The highest BCUT2D eigenvalue weighted by molar-refractivity contribution is 5.93. The van der Waals surface area contributed by atoms with E-state index in [1.807, 2.05) is 6.20 Å². The van der Waals surface area contributed by atoms with Crippen molar-refractivity contribution in [1.82, 2.24) is 19.9 Å². The summed E-state index contributed by atoms with van der Waals surface area (Å²) in [5.41, 5.74) is 1.73. The second kappa shape index (κ2) is 6.17. The van der Waals surface area contributed by atoms with Crippen molar-refractivity contribution in [2.75, 3.05) is 13.7 Å². The number of amides is 1. The van der Waals surface area contributed by atoms with Gasteiger partial charge in [-0.1, -0.05) is 0 Å². The lowest BCUT2D eigenvalue weighted by Gasteiger charge is -2.09. The summed E-state index contributed by atoms with van der Waals surface area (Å²) in [6.45, 7) is 2.64. The van der Waals surface area contributed by atoms with Crippen LogP contribution in [0.1, 0.15) is 40.8 Å². The predicted molar refractivity (Wildman–Crippen MR) is 82.1 cm³/mol. The van der Waals surface area contributed by atoms with E-state index in [9.17, 15) is 4.79 Å². The molecule has 2 aromatic heterocycles. The number of methoxy groups -OCH3 is 1. The molecule has 1 N–H and O–H groups in total. The molecule has 1 amide bonds. The van der Waals surface area contributed by atoms with Gasteiger partial charge in [0.15, 0.2) is 0 Å². The zero-order valence-corrected chi connectivity index (χ0v) is 12.9. The van der Waals surface area contributed by atoms with Crippen molar-refractivity contribution in [2.24, 2.45) is 0 Å². The van der Waals surface area contributed by atoms with Crippen LogP contribution in [0.3, 0.4) is 0 Å². The molecule has 0 atom stereocenters. The summed E-state index contributed by atoms with van der Waals surface area (Å²) in [4.78, 5) is 20.5. The Morgan fingerprint density at radius 1 is 1.36 bits per heavy atom. The number of rotatable bonds is 6. The lowest BCUT2D eigenvalue weighted by Crippen LogP contribution is -2.26. The number of carbonyl (C=O) groups excluding carboxylic acids is 1. The fraction of sp³-hybridized carbons (Fsp3) is 0.438. The molecular weight excluding hydrogens is 280 g/mol. The van der Waals surface area contributed by atoms with Crippen LogP contribution >= 0.6 is 0 Å². The topological polar surface area (TPSA) is 69.0 Å². The smallest absolute Gasteiger partial charge is 0.252 e. The molecule has 2 aromatic rings. The average molecular weight is 300 g/mol. The fourth-order valence-corrected chi connectivity index (χ4v) is 2.54. The van der Waals surface area contributed by atoms with Crippen molar-refractivity contribution >= 4 is 5.91 Å². The first kappa shape index (κ1) is 14.6. The molecule has 0 aromatic carbocycles. The Hall–Kier alpha value is -2.37. The molecule has 6 nitrogen and oxygen atoms in total. The van der Waals surface area contributed by atoms with Crippen LogP contribution in [0.2, 0.25) is 0 Å². The quantitative estimate of drug-likeness (QED) is 0.884. The van der Waals surface area contributed by atoms with Gasteiger partial charge in [0.2, 0.25) is 5.88 Å². The Bertz CT molecular complexity index is 659. The number of hydrogen-bond acceptors (Lipinski definition) is 4. The molecule has 0 bridgehead atoms. The van der Waals surface area contributed by atoms with Crippen molar-refractivity contribution in [1.29, 1.82) is 0 Å². The predicted octanol–water partition coefficient (Wildman–Crippen LogP) is 1.90. The first-order chi connectivity index (χ1) is 10.7. The van der Waals surface area contributed by atoms with Gasteiger partial charge < -0.3 is 14.6 Å². The zero-order chi connectivity index (χ0) is 15.5. The first-order valence-electron chi connectivity index (χ1n) is 7.50. The van der Waals surface area contributed by atoms with Gasteiger partial charge in [-0.2, -0.15) is 0 Å². The molecule has 0 radical (unpaired) electrons. The van der Waals surface area contributed by atoms with Crippen LogP contribution in [0, 0.1) is 6.92 Å². The third kappa shape index (κ3) is 3.10. The number of hydrogen-bond donors (Lipinski definition) is 1. The Labute approximate surface area is 129 Å². The van der Waals surface area contributed by atoms with Crippen molar-refractivity contribution in [3.05, 3.63) is 41.6 Å². The maximum absolute atomic E-state index is 12.1. The lowest BCUT2D eigenvalue weighted by atomic mass is 10.2. The minimum Gasteiger partial charge on any atom is -0.481 e. The van der Waals surface area contributed by atoms with E-state index in [4.69, 9.17) is 4.74 Å². The molecule has 6 heteroatoms. The molecule has 1 fully saturated rings. The van der Waals surface area contributed by atoms with Gasteiger partial charge in [-0.25, -0.2) is 9.97 Å². The minimum absolute atomic E-state index is 0.128. The highest BCUT2D eigenvalue weighted by atomic mass is 16.5. The molecule has 2 heterocycles. The van der Waals surface area contributed by atoms with Crippen LogP contribution in [0.15, 0.2) is 24.5 Å². The number of carbonyl (C=O) groups is 1. The molecule has 0 unspecified atom stereocenters. The van der Waals surface area contributed by atoms with Gasteiger partial charge in [-0.05, 0) is 25.8 Å². The molecule has 0 saturated heterocycles.